The third-order valence-corrected chi connectivity index (χ3v) is 3.04. The SMILES string of the molecule is COC(=O)c1oc(CN2CCO[C@@H](C)C2)cc1C. The van der Waals surface area contributed by atoms with Crippen LogP contribution in [0.15, 0.2) is 10.5 Å². The van der Waals surface area contributed by atoms with Crippen LogP contribution in [-0.4, -0.2) is 43.8 Å². The van der Waals surface area contributed by atoms with E-state index < -0.39 is 5.97 Å². The fourth-order valence-corrected chi connectivity index (χ4v) is 2.18. The molecule has 5 heteroatoms. The number of nitrogens with zero attached hydrogens (tertiary/aromatic N) is 1. The van der Waals surface area contributed by atoms with Crippen LogP contribution in [0, 0.1) is 6.92 Å². The van der Waals surface area contributed by atoms with Gasteiger partial charge < -0.3 is 13.9 Å². The van der Waals surface area contributed by atoms with E-state index >= 15 is 0 Å². The quantitative estimate of drug-likeness (QED) is 0.766. The van der Waals surface area contributed by atoms with Gasteiger partial charge in [-0.25, -0.2) is 4.79 Å². The van der Waals surface area contributed by atoms with Crippen LogP contribution in [0.5, 0.6) is 0 Å². The summed E-state index contributed by atoms with van der Waals surface area (Å²) in [4.78, 5) is 13.7. The number of aryl methyl sites for hydroxylation is 1. The standard InChI is InChI=1S/C13H19NO4/c1-9-6-11(18-12(9)13(15)16-3)8-14-4-5-17-10(2)7-14/h6,10H,4-5,7-8H2,1-3H3/t10-/m0/s1. The Balaban J connectivity index is 2.03. The van der Waals surface area contributed by atoms with Crippen molar-refractivity contribution >= 4 is 5.97 Å². The molecule has 0 aliphatic carbocycles. The summed E-state index contributed by atoms with van der Waals surface area (Å²) in [6, 6.07) is 1.90. The molecule has 0 unspecified atom stereocenters. The molecule has 1 aliphatic rings. The fraction of sp³-hybridized carbons (Fsp3) is 0.615. The third-order valence-electron chi connectivity index (χ3n) is 3.04. The molecule has 1 atom stereocenters. The number of carbonyl (C=O) groups is 1. The van der Waals surface area contributed by atoms with Crippen molar-refractivity contribution in [2.45, 2.75) is 26.5 Å². The van der Waals surface area contributed by atoms with E-state index in [1.807, 2.05) is 13.0 Å². The van der Waals surface area contributed by atoms with Crippen LogP contribution in [0.4, 0.5) is 0 Å². The van der Waals surface area contributed by atoms with Crippen molar-refractivity contribution in [1.82, 2.24) is 4.90 Å². The highest BCUT2D eigenvalue weighted by Gasteiger charge is 2.20. The highest BCUT2D eigenvalue weighted by atomic mass is 16.5. The summed E-state index contributed by atoms with van der Waals surface area (Å²) in [7, 11) is 1.35. The lowest BCUT2D eigenvalue weighted by atomic mass is 10.2. The molecule has 100 valence electrons. The summed E-state index contributed by atoms with van der Waals surface area (Å²) in [5.41, 5.74) is 0.818. The summed E-state index contributed by atoms with van der Waals surface area (Å²) >= 11 is 0. The van der Waals surface area contributed by atoms with Gasteiger partial charge in [-0.1, -0.05) is 0 Å². The zero-order valence-corrected chi connectivity index (χ0v) is 11.1. The van der Waals surface area contributed by atoms with E-state index in [2.05, 4.69) is 16.6 Å². The van der Waals surface area contributed by atoms with Gasteiger partial charge in [0, 0.05) is 18.7 Å². The highest BCUT2D eigenvalue weighted by molar-refractivity contribution is 5.87. The van der Waals surface area contributed by atoms with Gasteiger partial charge in [0.15, 0.2) is 0 Å². The molecule has 0 radical (unpaired) electrons. The van der Waals surface area contributed by atoms with E-state index in [1.54, 1.807) is 0 Å². The van der Waals surface area contributed by atoms with Gasteiger partial charge in [0.25, 0.3) is 0 Å². The van der Waals surface area contributed by atoms with Crippen molar-refractivity contribution in [3.05, 3.63) is 23.2 Å². The summed E-state index contributed by atoms with van der Waals surface area (Å²) in [6.45, 7) is 7.11. The zero-order chi connectivity index (χ0) is 13.1. The second kappa shape index (κ2) is 5.54. The zero-order valence-electron chi connectivity index (χ0n) is 11.1. The maximum Gasteiger partial charge on any atom is 0.374 e. The number of carbonyl (C=O) groups excluding carboxylic acids is 1. The Hall–Kier alpha value is -1.33. The Morgan fingerprint density at radius 1 is 1.61 bits per heavy atom. The van der Waals surface area contributed by atoms with Gasteiger partial charge in [-0.2, -0.15) is 0 Å². The molecule has 0 aromatic carbocycles. The molecular formula is C13H19NO4. The average Bonchev–Trinajstić information content (AvgIpc) is 2.69. The van der Waals surface area contributed by atoms with Crippen LogP contribution in [0.25, 0.3) is 0 Å². The van der Waals surface area contributed by atoms with E-state index in [1.165, 1.54) is 7.11 Å². The lowest BCUT2D eigenvalue weighted by Gasteiger charge is -2.30. The highest BCUT2D eigenvalue weighted by Crippen LogP contribution is 2.18. The molecule has 0 bridgehead atoms. The second-order valence-corrected chi connectivity index (χ2v) is 4.63. The van der Waals surface area contributed by atoms with Crippen LogP contribution in [-0.2, 0) is 16.0 Å². The molecule has 5 nitrogen and oxygen atoms in total. The Labute approximate surface area is 107 Å². The molecule has 1 aliphatic heterocycles. The van der Waals surface area contributed by atoms with Crippen LogP contribution < -0.4 is 0 Å². The van der Waals surface area contributed by atoms with Gasteiger partial charge in [0.2, 0.25) is 5.76 Å². The van der Waals surface area contributed by atoms with Gasteiger partial charge in [-0.05, 0) is 19.9 Å². The van der Waals surface area contributed by atoms with Crippen LogP contribution in [0.3, 0.4) is 0 Å². The van der Waals surface area contributed by atoms with Gasteiger partial charge >= 0.3 is 5.97 Å². The maximum absolute atomic E-state index is 11.4. The lowest BCUT2D eigenvalue weighted by Crippen LogP contribution is -2.40. The molecule has 0 N–H and O–H groups in total. The summed E-state index contributed by atoms with van der Waals surface area (Å²) in [6.07, 6.45) is 0.245. The molecule has 1 aromatic rings. The number of morpholine rings is 1. The van der Waals surface area contributed by atoms with Crippen LogP contribution >= 0.6 is 0 Å². The topological polar surface area (TPSA) is 51.9 Å². The van der Waals surface area contributed by atoms with Gasteiger partial charge in [-0.15, -0.1) is 0 Å². The number of hydrogen-bond donors (Lipinski definition) is 0. The van der Waals surface area contributed by atoms with Crippen molar-refractivity contribution in [1.29, 1.82) is 0 Å². The molecule has 1 aromatic heterocycles. The van der Waals surface area contributed by atoms with Crippen LogP contribution in [0.1, 0.15) is 28.8 Å². The van der Waals surface area contributed by atoms with Gasteiger partial charge in [0.1, 0.15) is 5.76 Å². The van der Waals surface area contributed by atoms with Crippen molar-refractivity contribution in [2.75, 3.05) is 26.8 Å². The van der Waals surface area contributed by atoms with E-state index in [4.69, 9.17) is 9.15 Å². The minimum absolute atomic E-state index is 0.245. The average molecular weight is 253 g/mol. The Morgan fingerprint density at radius 3 is 3.06 bits per heavy atom. The fourth-order valence-electron chi connectivity index (χ4n) is 2.18. The Morgan fingerprint density at radius 2 is 2.39 bits per heavy atom. The first kappa shape index (κ1) is 13.1. The minimum Gasteiger partial charge on any atom is -0.463 e. The molecule has 1 saturated heterocycles. The molecule has 18 heavy (non-hydrogen) atoms. The first-order valence-corrected chi connectivity index (χ1v) is 6.11. The molecule has 0 amide bonds. The van der Waals surface area contributed by atoms with E-state index in [9.17, 15) is 4.79 Å². The monoisotopic (exact) mass is 253 g/mol. The molecule has 2 heterocycles. The number of methoxy groups -OCH3 is 1. The van der Waals surface area contributed by atoms with Gasteiger partial charge in [0.05, 0.1) is 26.4 Å². The first-order valence-electron chi connectivity index (χ1n) is 6.11. The Kier molecular flexibility index (Phi) is 4.04. The second-order valence-electron chi connectivity index (χ2n) is 4.63. The molecular weight excluding hydrogens is 234 g/mol. The number of furan rings is 1. The molecule has 1 fully saturated rings. The maximum atomic E-state index is 11.4. The first-order chi connectivity index (χ1) is 8.60. The van der Waals surface area contributed by atoms with Crippen molar-refractivity contribution in [2.24, 2.45) is 0 Å². The summed E-state index contributed by atoms with van der Waals surface area (Å²) in [5, 5.41) is 0. The largest absolute Gasteiger partial charge is 0.463 e. The van der Waals surface area contributed by atoms with Crippen molar-refractivity contribution < 1.29 is 18.7 Å². The lowest BCUT2D eigenvalue weighted by molar-refractivity contribution is -0.0232. The molecule has 0 spiro atoms. The predicted molar refractivity (Wildman–Crippen MR) is 65.5 cm³/mol. The van der Waals surface area contributed by atoms with E-state index in [-0.39, 0.29) is 6.10 Å². The summed E-state index contributed by atoms with van der Waals surface area (Å²) < 4.78 is 15.7. The number of ether oxygens (including phenoxy) is 2. The third kappa shape index (κ3) is 2.91. The molecule has 2 rings (SSSR count). The normalized spacial score (nSPS) is 20.9. The number of esters is 1. The van der Waals surface area contributed by atoms with Gasteiger partial charge in [-0.3, -0.25) is 4.90 Å². The number of rotatable bonds is 3. The van der Waals surface area contributed by atoms with Crippen LogP contribution in [0.2, 0.25) is 0 Å². The predicted octanol–water partition coefficient (Wildman–Crippen LogP) is 1.60. The molecule has 0 saturated carbocycles. The van der Waals surface area contributed by atoms with Crippen molar-refractivity contribution in [3.8, 4) is 0 Å². The van der Waals surface area contributed by atoms with Crippen molar-refractivity contribution in [3.63, 3.8) is 0 Å². The Bertz CT molecular complexity index is 427. The van der Waals surface area contributed by atoms with E-state index in [0.29, 0.717) is 12.3 Å². The smallest absolute Gasteiger partial charge is 0.374 e. The van der Waals surface area contributed by atoms with E-state index in [0.717, 1.165) is 31.0 Å². The summed E-state index contributed by atoms with van der Waals surface area (Å²) in [5.74, 6) is 0.671. The number of hydrogen-bond acceptors (Lipinski definition) is 5. The minimum atomic E-state index is -0.422.